The smallest absolute Gasteiger partial charge is 0.239 e. The number of likely N-dealkylation sites (tertiary alicyclic amines) is 1. The third-order valence-electron chi connectivity index (χ3n) is 4.68. The van der Waals surface area contributed by atoms with Crippen molar-refractivity contribution in [1.29, 1.82) is 0 Å². The number of aryl methyl sites for hydroxylation is 1. The zero-order chi connectivity index (χ0) is 18.0. The Labute approximate surface area is 146 Å². The van der Waals surface area contributed by atoms with Crippen molar-refractivity contribution in [2.24, 2.45) is 11.1 Å². The Morgan fingerprint density at radius 1 is 1.44 bits per heavy atom. The van der Waals surface area contributed by atoms with Crippen LogP contribution in [0, 0.1) is 18.2 Å². The van der Waals surface area contributed by atoms with Crippen LogP contribution < -0.4 is 11.1 Å². The van der Waals surface area contributed by atoms with Crippen molar-refractivity contribution >= 4 is 11.7 Å². The second-order valence-electron chi connectivity index (χ2n) is 7.06. The van der Waals surface area contributed by atoms with Gasteiger partial charge in [0.15, 0.2) is 0 Å². The summed E-state index contributed by atoms with van der Waals surface area (Å²) in [5.74, 6) is -0.0634. The van der Waals surface area contributed by atoms with Crippen LogP contribution in [-0.2, 0) is 4.79 Å². The molecular weight excluding hydrogens is 321 g/mol. The maximum absolute atomic E-state index is 14.1. The number of nitrogens with one attached hydrogen (secondary N) is 1. The lowest BCUT2D eigenvalue weighted by Gasteiger charge is -2.22. The van der Waals surface area contributed by atoms with E-state index in [2.05, 4.69) is 22.2 Å². The van der Waals surface area contributed by atoms with Gasteiger partial charge in [-0.1, -0.05) is 19.1 Å². The van der Waals surface area contributed by atoms with Gasteiger partial charge < -0.3 is 11.1 Å². The van der Waals surface area contributed by atoms with Crippen molar-refractivity contribution in [3.8, 4) is 5.69 Å². The lowest BCUT2D eigenvalue weighted by molar-refractivity contribution is -0.117. The molecule has 2 heterocycles. The first-order valence-corrected chi connectivity index (χ1v) is 8.44. The average molecular weight is 345 g/mol. The molecule has 1 aromatic carbocycles. The van der Waals surface area contributed by atoms with Crippen LogP contribution in [-0.4, -0.2) is 46.8 Å². The first-order valence-electron chi connectivity index (χ1n) is 8.44. The first kappa shape index (κ1) is 17.6. The fraction of sp³-hybridized carbons (Fsp3) is 0.444. The normalized spacial score (nSPS) is 20.8. The Bertz CT molecular complexity index is 775. The van der Waals surface area contributed by atoms with Crippen LogP contribution in [0.2, 0.25) is 0 Å². The Morgan fingerprint density at radius 3 is 2.88 bits per heavy atom. The Balaban J connectivity index is 1.72. The van der Waals surface area contributed by atoms with Gasteiger partial charge in [-0.15, -0.1) is 0 Å². The predicted octanol–water partition coefficient (Wildman–Crippen LogP) is 1.93. The van der Waals surface area contributed by atoms with Crippen molar-refractivity contribution in [2.75, 3.05) is 31.5 Å². The number of aromatic nitrogens is 2. The number of carbonyl (C=O) groups excluding carboxylic acids is 1. The molecule has 134 valence electrons. The highest BCUT2D eigenvalue weighted by atomic mass is 19.1. The molecule has 0 radical (unpaired) electrons. The molecule has 3 rings (SSSR count). The van der Waals surface area contributed by atoms with Gasteiger partial charge in [-0.05, 0) is 44.0 Å². The van der Waals surface area contributed by atoms with E-state index >= 15 is 0 Å². The molecule has 25 heavy (non-hydrogen) atoms. The quantitative estimate of drug-likeness (QED) is 0.868. The summed E-state index contributed by atoms with van der Waals surface area (Å²) in [6, 6.07) is 8.09. The van der Waals surface area contributed by atoms with E-state index in [0.29, 0.717) is 23.7 Å². The highest BCUT2D eigenvalue weighted by Crippen LogP contribution is 2.28. The van der Waals surface area contributed by atoms with Crippen LogP contribution in [0.15, 0.2) is 30.3 Å². The average Bonchev–Trinajstić information content (AvgIpc) is 3.11. The molecule has 0 aliphatic carbocycles. The number of halogens is 1. The monoisotopic (exact) mass is 345 g/mol. The molecule has 1 saturated heterocycles. The van der Waals surface area contributed by atoms with Crippen LogP contribution >= 0.6 is 0 Å². The summed E-state index contributed by atoms with van der Waals surface area (Å²) in [6.07, 6.45) is 0.989. The van der Waals surface area contributed by atoms with E-state index in [1.165, 1.54) is 10.7 Å². The van der Waals surface area contributed by atoms with E-state index in [4.69, 9.17) is 5.73 Å². The molecule has 1 atom stereocenters. The van der Waals surface area contributed by atoms with Crippen molar-refractivity contribution < 1.29 is 9.18 Å². The summed E-state index contributed by atoms with van der Waals surface area (Å²) >= 11 is 0. The molecule has 1 aliphatic heterocycles. The Hall–Kier alpha value is -2.25. The molecule has 2 aromatic rings. The second kappa shape index (κ2) is 6.93. The van der Waals surface area contributed by atoms with Gasteiger partial charge in [0.1, 0.15) is 17.3 Å². The molecule has 1 unspecified atom stereocenters. The minimum Gasteiger partial charge on any atom is -0.330 e. The van der Waals surface area contributed by atoms with Crippen LogP contribution in [0.25, 0.3) is 5.69 Å². The standard InChI is InChI=1S/C18H24FN5O/c1-13-9-16(24(22-13)15-6-4-3-5-14(15)19)21-17(25)10-23-8-7-18(2,11-20)12-23/h3-6,9H,7-8,10-12,20H2,1-2H3,(H,21,25). The molecule has 1 amide bonds. The second-order valence-corrected chi connectivity index (χ2v) is 7.06. The number of para-hydroxylation sites is 1. The van der Waals surface area contributed by atoms with E-state index in [1.54, 1.807) is 31.2 Å². The molecule has 1 fully saturated rings. The molecule has 0 bridgehead atoms. The Morgan fingerprint density at radius 2 is 2.20 bits per heavy atom. The first-order chi connectivity index (χ1) is 11.9. The number of hydrogen-bond donors (Lipinski definition) is 2. The van der Waals surface area contributed by atoms with Crippen LogP contribution in [0.3, 0.4) is 0 Å². The minimum absolute atomic E-state index is 0.0752. The molecule has 0 saturated carbocycles. The summed E-state index contributed by atoms with van der Waals surface area (Å²) in [5, 5.41) is 7.15. The molecular formula is C18H24FN5O. The van der Waals surface area contributed by atoms with Crippen molar-refractivity contribution in [3.05, 3.63) is 41.8 Å². The highest BCUT2D eigenvalue weighted by molar-refractivity contribution is 5.91. The van der Waals surface area contributed by atoms with E-state index in [9.17, 15) is 9.18 Å². The molecule has 3 N–H and O–H groups in total. The van der Waals surface area contributed by atoms with Crippen LogP contribution in [0.4, 0.5) is 10.2 Å². The van der Waals surface area contributed by atoms with Gasteiger partial charge in [-0.25, -0.2) is 9.07 Å². The summed E-state index contributed by atoms with van der Waals surface area (Å²) in [6.45, 7) is 6.51. The van der Waals surface area contributed by atoms with Gasteiger partial charge in [0.2, 0.25) is 5.91 Å². The lowest BCUT2D eigenvalue weighted by atomic mass is 9.90. The van der Waals surface area contributed by atoms with Crippen molar-refractivity contribution in [2.45, 2.75) is 20.3 Å². The largest absolute Gasteiger partial charge is 0.330 e. The van der Waals surface area contributed by atoms with Gasteiger partial charge in [-0.2, -0.15) is 5.10 Å². The number of hydrogen-bond acceptors (Lipinski definition) is 4. The molecule has 1 aliphatic rings. The van der Waals surface area contributed by atoms with Gasteiger partial charge in [0.25, 0.3) is 0 Å². The number of rotatable bonds is 5. The summed E-state index contributed by atoms with van der Waals surface area (Å²) in [5.41, 5.74) is 6.90. The van der Waals surface area contributed by atoms with E-state index in [-0.39, 0.29) is 23.7 Å². The van der Waals surface area contributed by atoms with Crippen molar-refractivity contribution in [1.82, 2.24) is 14.7 Å². The fourth-order valence-corrected chi connectivity index (χ4v) is 3.21. The zero-order valence-electron chi connectivity index (χ0n) is 14.6. The van der Waals surface area contributed by atoms with E-state index in [0.717, 1.165) is 19.5 Å². The fourth-order valence-electron chi connectivity index (χ4n) is 3.21. The van der Waals surface area contributed by atoms with Gasteiger partial charge in [0.05, 0.1) is 12.2 Å². The maximum Gasteiger partial charge on any atom is 0.239 e. The summed E-state index contributed by atoms with van der Waals surface area (Å²) < 4.78 is 15.5. The molecule has 1 aromatic heterocycles. The third-order valence-corrected chi connectivity index (χ3v) is 4.68. The Kier molecular flexibility index (Phi) is 4.87. The maximum atomic E-state index is 14.1. The van der Waals surface area contributed by atoms with E-state index in [1.807, 2.05) is 0 Å². The van der Waals surface area contributed by atoms with E-state index < -0.39 is 0 Å². The topological polar surface area (TPSA) is 76.2 Å². The summed E-state index contributed by atoms with van der Waals surface area (Å²) in [4.78, 5) is 14.5. The molecule has 6 nitrogen and oxygen atoms in total. The van der Waals surface area contributed by atoms with Crippen LogP contribution in [0.1, 0.15) is 19.0 Å². The van der Waals surface area contributed by atoms with Gasteiger partial charge >= 0.3 is 0 Å². The number of carbonyl (C=O) groups is 1. The number of amides is 1. The summed E-state index contributed by atoms with van der Waals surface area (Å²) in [7, 11) is 0. The number of anilines is 1. The van der Waals surface area contributed by atoms with Crippen LogP contribution in [0.5, 0.6) is 0 Å². The number of benzene rings is 1. The zero-order valence-corrected chi connectivity index (χ0v) is 14.6. The number of nitrogens with zero attached hydrogens (tertiary/aromatic N) is 3. The highest BCUT2D eigenvalue weighted by Gasteiger charge is 2.33. The SMILES string of the molecule is Cc1cc(NC(=O)CN2CCC(C)(CN)C2)n(-c2ccccc2F)n1. The molecule has 0 spiro atoms. The van der Waals surface area contributed by atoms with Gasteiger partial charge in [-0.3, -0.25) is 9.69 Å². The molecule has 7 heteroatoms. The minimum atomic E-state index is -0.389. The lowest BCUT2D eigenvalue weighted by Crippen LogP contribution is -2.35. The third kappa shape index (κ3) is 3.88. The van der Waals surface area contributed by atoms with Gasteiger partial charge in [0, 0.05) is 12.6 Å². The van der Waals surface area contributed by atoms with Crippen molar-refractivity contribution in [3.63, 3.8) is 0 Å². The predicted molar refractivity (Wildman–Crippen MR) is 95.1 cm³/mol. The number of nitrogens with two attached hydrogens (primary N) is 1.